The molecule has 2 atom stereocenters. The van der Waals surface area contributed by atoms with Gasteiger partial charge in [-0.15, -0.1) is 0 Å². The van der Waals surface area contributed by atoms with E-state index in [1.54, 1.807) is 12.1 Å². The van der Waals surface area contributed by atoms with Gasteiger partial charge in [0.05, 0.1) is 7.47 Å². The van der Waals surface area contributed by atoms with Crippen LogP contribution in [0, 0.1) is 0 Å². The topological polar surface area (TPSA) is 93.0 Å². The third-order valence-corrected chi connectivity index (χ3v) is 3.36. The predicted octanol–water partition coefficient (Wildman–Crippen LogP) is 2.06. The molecule has 0 aliphatic rings. The Morgan fingerprint density at radius 2 is 1.73 bits per heavy atom. The average Bonchev–Trinajstić information content (AvgIpc) is 2.50. The number of aliphatic hydroxyl groups is 1. The summed E-state index contributed by atoms with van der Waals surface area (Å²) in [6.45, 7) is 2.15. The lowest BCUT2D eigenvalue weighted by atomic mass is 10.1. The maximum Gasteiger partial charge on any atom is 0.119 e. The Morgan fingerprint density at radius 3 is 2.41 bits per heavy atom. The van der Waals surface area contributed by atoms with Crippen molar-refractivity contribution in [1.29, 1.82) is 0 Å². The van der Waals surface area contributed by atoms with Crippen molar-refractivity contribution in [3.63, 3.8) is 0 Å². The molecule has 2 aromatic carbocycles. The molecule has 0 aliphatic carbocycles. The highest BCUT2D eigenvalue weighted by molar-refractivity contribution is 5.37. The maximum absolute atomic E-state index is 10.2. The molecule has 2 unspecified atom stereocenters. The van der Waals surface area contributed by atoms with Crippen LogP contribution in [0.15, 0.2) is 42.4 Å². The zero-order valence-electron chi connectivity index (χ0n) is 13.3. The van der Waals surface area contributed by atoms with E-state index in [1.165, 1.54) is 6.07 Å². The molecule has 2 aromatic rings. The predicted molar refractivity (Wildman–Crippen MR) is 84.0 cm³/mol. The van der Waals surface area contributed by atoms with Crippen molar-refractivity contribution < 1.29 is 21.8 Å². The Kier molecular flexibility index (Phi) is 4.78. The van der Waals surface area contributed by atoms with E-state index in [4.69, 9.17) is 1.37 Å². The summed E-state index contributed by atoms with van der Waals surface area (Å²) in [6.07, 6.45) is -0.297. The molecule has 0 saturated carbocycles. The van der Waals surface area contributed by atoms with Gasteiger partial charge in [0.15, 0.2) is 0 Å². The zero-order valence-corrected chi connectivity index (χ0v) is 12.3. The first-order valence-corrected chi connectivity index (χ1v) is 7.08. The molecule has 0 spiro atoms. The van der Waals surface area contributed by atoms with Gasteiger partial charge in [0.2, 0.25) is 0 Å². The standard InChI is InChI=1S/C17H21NO4/c1-11(6-12-2-4-14(19)5-3-12)18-10-17(22)13-7-15(20)9-16(21)8-13/h2-5,7-9,11,17-22H,6,10H2,1H3/i7D. The van der Waals surface area contributed by atoms with Crippen LogP contribution in [0.5, 0.6) is 17.2 Å². The second-order valence-corrected chi connectivity index (χ2v) is 5.37. The SMILES string of the molecule is [2H]c1c(O)cc(O)cc1C(O)CNC(C)Cc1ccc(O)cc1. The van der Waals surface area contributed by atoms with Gasteiger partial charge >= 0.3 is 0 Å². The molecule has 0 aromatic heterocycles. The second-order valence-electron chi connectivity index (χ2n) is 5.37. The van der Waals surface area contributed by atoms with Crippen LogP contribution in [0.2, 0.25) is 0 Å². The summed E-state index contributed by atoms with van der Waals surface area (Å²) in [5, 5.41) is 41.6. The van der Waals surface area contributed by atoms with Gasteiger partial charge in [-0.05, 0) is 48.7 Å². The normalized spacial score (nSPS) is 14.4. The molecule has 0 saturated heterocycles. The van der Waals surface area contributed by atoms with Gasteiger partial charge in [-0.25, -0.2) is 0 Å². The molecule has 5 heteroatoms. The molecule has 0 aliphatic heterocycles. The highest BCUT2D eigenvalue weighted by Crippen LogP contribution is 2.24. The Hall–Kier alpha value is -2.24. The van der Waals surface area contributed by atoms with Crippen LogP contribution in [0.25, 0.3) is 0 Å². The van der Waals surface area contributed by atoms with E-state index >= 15 is 0 Å². The lowest BCUT2D eigenvalue weighted by Gasteiger charge is -2.18. The van der Waals surface area contributed by atoms with Crippen LogP contribution < -0.4 is 5.32 Å². The summed E-state index contributed by atoms with van der Waals surface area (Å²) in [5.41, 5.74) is 1.22. The van der Waals surface area contributed by atoms with E-state index in [2.05, 4.69) is 5.32 Å². The quantitative estimate of drug-likeness (QED) is 0.563. The Balaban J connectivity index is 1.93. The van der Waals surface area contributed by atoms with Crippen LogP contribution in [0.4, 0.5) is 0 Å². The number of aromatic hydroxyl groups is 3. The minimum atomic E-state index is -1.01. The Morgan fingerprint density at radius 1 is 1.05 bits per heavy atom. The van der Waals surface area contributed by atoms with Crippen molar-refractivity contribution >= 4 is 0 Å². The van der Waals surface area contributed by atoms with Crippen LogP contribution in [0.1, 0.15) is 25.5 Å². The highest BCUT2D eigenvalue weighted by atomic mass is 16.3. The van der Waals surface area contributed by atoms with Crippen molar-refractivity contribution in [3.8, 4) is 17.2 Å². The molecule has 0 amide bonds. The third-order valence-electron chi connectivity index (χ3n) is 3.36. The second kappa shape index (κ2) is 7.15. The highest BCUT2D eigenvalue weighted by Gasteiger charge is 2.12. The van der Waals surface area contributed by atoms with E-state index in [1.807, 2.05) is 19.1 Å². The number of benzene rings is 2. The molecule has 22 heavy (non-hydrogen) atoms. The molecule has 0 bridgehead atoms. The lowest BCUT2D eigenvalue weighted by molar-refractivity contribution is 0.170. The van der Waals surface area contributed by atoms with E-state index in [-0.39, 0.29) is 41.4 Å². The van der Waals surface area contributed by atoms with Crippen molar-refractivity contribution in [2.45, 2.75) is 25.5 Å². The molecule has 5 nitrogen and oxygen atoms in total. The van der Waals surface area contributed by atoms with E-state index < -0.39 is 6.10 Å². The van der Waals surface area contributed by atoms with Crippen molar-refractivity contribution in [2.24, 2.45) is 0 Å². The molecular weight excluding hydrogens is 282 g/mol. The molecule has 0 fully saturated rings. The molecule has 0 radical (unpaired) electrons. The number of hydrogen-bond acceptors (Lipinski definition) is 5. The monoisotopic (exact) mass is 304 g/mol. The number of aliphatic hydroxyl groups excluding tert-OH is 1. The van der Waals surface area contributed by atoms with Gasteiger partial charge in [-0.1, -0.05) is 12.1 Å². The number of phenols is 3. The third kappa shape index (κ3) is 4.65. The van der Waals surface area contributed by atoms with Crippen LogP contribution in [-0.2, 0) is 6.42 Å². The fraction of sp³-hybridized carbons (Fsp3) is 0.294. The van der Waals surface area contributed by atoms with Gasteiger partial charge in [0.1, 0.15) is 17.2 Å². The fourth-order valence-electron chi connectivity index (χ4n) is 2.22. The smallest absolute Gasteiger partial charge is 0.119 e. The zero-order chi connectivity index (χ0) is 17.0. The number of nitrogens with one attached hydrogen (secondary N) is 1. The first kappa shape index (κ1) is 14.7. The van der Waals surface area contributed by atoms with Crippen molar-refractivity contribution in [2.75, 3.05) is 6.54 Å². The number of phenolic OH excluding ortho intramolecular Hbond substituents is 3. The Bertz CT molecular complexity index is 660. The van der Waals surface area contributed by atoms with E-state index in [0.717, 1.165) is 11.6 Å². The van der Waals surface area contributed by atoms with Crippen LogP contribution >= 0.6 is 0 Å². The molecule has 0 heterocycles. The summed E-state index contributed by atoms with van der Waals surface area (Å²) in [4.78, 5) is 0. The van der Waals surface area contributed by atoms with E-state index in [9.17, 15) is 20.4 Å². The average molecular weight is 304 g/mol. The summed E-state index contributed by atoms with van der Waals surface area (Å²) in [5.74, 6) is -0.336. The summed E-state index contributed by atoms with van der Waals surface area (Å²) in [6, 6.07) is 9.13. The van der Waals surface area contributed by atoms with Crippen molar-refractivity contribution in [3.05, 3.63) is 53.6 Å². The van der Waals surface area contributed by atoms with Crippen LogP contribution in [-0.4, -0.2) is 33.0 Å². The van der Waals surface area contributed by atoms with Gasteiger partial charge in [0.25, 0.3) is 0 Å². The van der Waals surface area contributed by atoms with Gasteiger partial charge in [0, 0.05) is 18.7 Å². The summed E-state index contributed by atoms with van der Waals surface area (Å²) in [7, 11) is 0. The first-order valence-electron chi connectivity index (χ1n) is 7.58. The fourth-order valence-corrected chi connectivity index (χ4v) is 2.22. The maximum atomic E-state index is 10.2. The molecule has 5 N–H and O–H groups in total. The molecule has 2 rings (SSSR count). The summed E-state index contributed by atoms with van der Waals surface area (Å²) >= 11 is 0. The van der Waals surface area contributed by atoms with Crippen LogP contribution in [0.3, 0.4) is 0 Å². The number of hydrogen-bond donors (Lipinski definition) is 5. The van der Waals surface area contributed by atoms with Gasteiger partial charge in [-0.3, -0.25) is 0 Å². The molecular formula is C17H21NO4. The summed E-state index contributed by atoms with van der Waals surface area (Å²) < 4.78 is 7.74. The minimum Gasteiger partial charge on any atom is -0.508 e. The van der Waals surface area contributed by atoms with Gasteiger partial charge in [-0.2, -0.15) is 0 Å². The largest absolute Gasteiger partial charge is 0.508 e. The van der Waals surface area contributed by atoms with Crippen molar-refractivity contribution in [1.82, 2.24) is 5.32 Å². The Labute approximate surface area is 130 Å². The molecule has 118 valence electrons. The lowest BCUT2D eigenvalue weighted by Crippen LogP contribution is -2.32. The number of rotatable bonds is 6. The minimum absolute atomic E-state index is 0.0642. The van der Waals surface area contributed by atoms with Gasteiger partial charge < -0.3 is 25.7 Å². The first-order chi connectivity index (χ1) is 10.9. The van der Waals surface area contributed by atoms with E-state index in [0.29, 0.717) is 6.42 Å².